The minimum Gasteiger partial charge on any atom is -0.466 e. The SMILES string of the molecule is C/C=C(F)\C(=C/C)S(=O)(=O)C(C#N)c1nc(C)nc(OC2CCCOC2(C)C)c1[N+](=O)[O-]. The Kier molecular flexibility index (Phi) is 7.69. The molecule has 2 atom stereocenters. The van der Waals surface area contributed by atoms with Gasteiger partial charge in [0.2, 0.25) is 15.1 Å². The molecular formula is C20H25FN4O6S. The largest absolute Gasteiger partial charge is 0.466 e. The predicted molar refractivity (Wildman–Crippen MR) is 113 cm³/mol. The molecule has 1 fully saturated rings. The normalized spacial score (nSPS) is 20.3. The fraction of sp³-hybridized carbons (Fsp3) is 0.550. The topological polar surface area (TPSA) is 145 Å². The number of allylic oxidation sites excluding steroid dienone is 3. The Labute approximate surface area is 185 Å². The van der Waals surface area contributed by atoms with E-state index in [1.54, 1.807) is 13.8 Å². The van der Waals surface area contributed by atoms with Gasteiger partial charge >= 0.3 is 5.69 Å². The van der Waals surface area contributed by atoms with Crippen LogP contribution in [-0.4, -0.2) is 41.6 Å². The summed E-state index contributed by atoms with van der Waals surface area (Å²) in [6.07, 6.45) is 2.47. The summed E-state index contributed by atoms with van der Waals surface area (Å²) >= 11 is 0. The number of hydrogen-bond acceptors (Lipinski definition) is 9. The molecule has 1 aliphatic heterocycles. The fourth-order valence-electron chi connectivity index (χ4n) is 3.36. The molecule has 0 bridgehead atoms. The van der Waals surface area contributed by atoms with Crippen LogP contribution in [-0.2, 0) is 14.6 Å². The monoisotopic (exact) mass is 468 g/mol. The molecule has 0 N–H and O–H groups in total. The number of aromatic nitrogens is 2. The van der Waals surface area contributed by atoms with Gasteiger partial charge in [0, 0.05) is 6.61 Å². The van der Waals surface area contributed by atoms with Crippen LogP contribution >= 0.6 is 0 Å². The summed E-state index contributed by atoms with van der Waals surface area (Å²) < 4.78 is 51.9. The summed E-state index contributed by atoms with van der Waals surface area (Å²) in [5.41, 5.74) is -2.32. The molecule has 174 valence electrons. The Morgan fingerprint density at radius 1 is 1.41 bits per heavy atom. The molecule has 2 heterocycles. The number of ether oxygens (including phenoxy) is 2. The van der Waals surface area contributed by atoms with Gasteiger partial charge in [0.1, 0.15) is 17.8 Å². The van der Waals surface area contributed by atoms with Crippen LogP contribution in [0.1, 0.15) is 57.3 Å². The molecule has 2 rings (SSSR count). The van der Waals surface area contributed by atoms with E-state index in [-0.39, 0.29) is 5.82 Å². The van der Waals surface area contributed by atoms with Crippen molar-refractivity contribution in [3.05, 3.63) is 44.5 Å². The zero-order valence-electron chi connectivity index (χ0n) is 18.5. The number of aryl methyl sites for hydroxylation is 1. The molecule has 1 aromatic heterocycles. The molecule has 0 saturated carbocycles. The van der Waals surface area contributed by atoms with E-state index in [1.807, 2.05) is 0 Å². The maximum Gasteiger partial charge on any atom is 0.354 e. The van der Waals surface area contributed by atoms with Gasteiger partial charge in [-0.1, -0.05) is 12.2 Å². The van der Waals surface area contributed by atoms with Gasteiger partial charge in [-0.15, -0.1) is 0 Å². The van der Waals surface area contributed by atoms with Gasteiger partial charge in [0.05, 0.1) is 21.5 Å². The van der Waals surface area contributed by atoms with Gasteiger partial charge in [-0.3, -0.25) is 10.1 Å². The molecule has 1 aromatic rings. The van der Waals surface area contributed by atoms with Gasteiger partial charge in [0.15, 0.2) is 5.69 Å². The highest BCUT2D eigenvalue weighted by molar-refractivity contribution is 7.96. The Balaban J connectivity index is 2.70. The highest BCUT2D eigenvalue weighted by Gasteiger charge is 2.43. The molecule has 10 nitrogen and oxygen atoms in total. The van der Waals surface area contributed by atoms with Crippen molar-refractivity contribution in [2.45, 2.75) is 64.4 Å². The summed E-state index contributed by atoms with van der Waals surface area (Å²) in [6.45, 7) is 7.97. The lowest BCUT2D eigenvalue weighted by Crippen LogP contribution is -2.46. The van der Waals surface area contributed by atoms with Crippen molar-refractivity contribution in [2.24, 2.45) is 0 Å². The van der Waals surface area contributed by atoms with E-state index in [4.69, 9.17) is 9.47 Å². The van der Waals surface area contributed by atoms with Crippen LogP contribution in [0.2, 0.25) is 0 Å². The molecule has 2 unspecified atom stereocenters. The van der Waals surface area contributed by atoms with Gasteiger partial charge in [-0.05, 0) is 47.5 Å². The number of nitriles is 1. The number of hydrogen-bond donors (Lipinski definition) is 0. The second-order valence-electron chi connectivity index (χ2n) is 7.61. The average molecular weight is 469 g/mol. The van der Waals surface area contributed by atoms with Crippen molar-refractivity contribution in [3.8, 4) is 11.9 Å². The standard InChI is InChI=1S/C20H25FN4O6S/c1-6-13(21)14(7-2)32(28,29)15(11-22)17-18(25(26)27)19(24-12(3)23-17)31-16-9-8-10-30-20(16,4)5/h6-7,15-16H,8-10H2,1-5H3/b13-6+,14-7+. The lowest BCUT2D eigenvalue weighted by atomic mass is 9.94. The first kappa shape index (κ1) is 25.4. The maximum atomic E-state index is 14.2. The number of halogens is 1. The van der Waals surface area contributed by atoms with Gasteiger partial charge in [0.25, 0.3) is 5.88 Å². The van der Waals surface area contributed by atoms with Crippen LogP contribution in [0.15, 0.2) is 22.9 Å². The Morgan fingerprint density at radius 2 is 2.06 bits per heavy atom. The molecule has 0 aromatic carbocycles. The highest BCUT2D eigenvalue weighted by Crippen LogP contribution is 2.40. The third-order valence-corrected chi connectivity index (χ3v) is 7.01. The zero-order chi connectivity index (χ0) is 24.3. The zero-order valence-corrected chi connectivity index (χ0v) is 19.3. The number of rotatable bonds is 7. The molecule has 1 saturated heterocycles. The third-order valence-electron chi connectivity index (χ3n) is 5.02. The quantitative estimate of drug-likeness (QED) is 0.331. The highest BCUT2D eigenvalue weighted by atomic mass is 32.2. The van der Waals surface area contributed by atoms with Crippen molar-refractivity contribution in [1.29, 1.82) is 5.26 Å². The number of nitro groups is 1. The van der Waals surface area contributed by atoms with E-state index in [9.17, 15) is 28.2 Å². The maximum absolute atomic E-state index is 14.2. The molecule has 1 aliphatic rings. The molecule has 12 heteroatoms. The van der Waals surface area contributed by atoms with Gasteiger partial charge in [-0.25, -0.2) is 17.8 Å². The van der Waals surface area contributed by atoms with Crippen molar-refractivity contribution in [3.63, 3.8) is 0 Å². The van der Waals surface area contributed by atoms with Crippen molar-refractivity contribution < 1.29 is 27.2 Å². The van der Waals surface area contributed by atoms with Crippen LogP contribution in [0.3, 0.4) is 0 Å². The van der Waals surface area contributed by atoms with Gasteiger partial charge < -0.3 is 9.47 Å². The van der Waals surface area contributed by atoms with E-state index in [0.717, 1.165) is 12.2 Å². The van der Waals surface area contributed by atoms with Crippen LogP contribution in [0.5, 0.6) is 5.88 Å². The van der Waals surface area contributed by atoms with E-state index in [1.165, 1.54) is 26.8 Å². The first-order valence-corrected chi connectivity index (χ1v) is 11.4. The first-order valence-electron chi connectivity index (χ1n) is 9.86. The minimum absolute atomic E-state index is 0.0425. The number of sulfone groups is 1. The lowest BCUT2D eigenvalue weighted by molar-refractivity contribution is -0.387. The Hall–Kier alpha value is -2.91. The van der Waals surface area contributed by atoms with Gasteiger partial charge in [-0.2, -0.15) is 10.2 Å². The molecule has 32 heavy (non-hydrogen) atoms. The Bertz CT molecular complexity index is 1110. The second-order valence-corrected chi connectivity index (χ2v) is 9.61. The van der Waals surface area contributed by atoms with Crippen molar-refractivity contribution >= 4 is 15.5 Å². The van der Waals surface area contributed by atoms with Crippen LogP contribution in [0.4, 0.5) is 10.1 Å². The van der Waals surface area contributed by atoms with Crippen LogP contribution in [0, 0.1) is 28.4 Å². The van der Waals surface area contributed by atoms with Crippen molar-refractivity contribution in [2.75, 3.05) is 6.61 Å². The van der Waals surface area contributed by atoms with E-state index >= 15 is 0 Å². The Morgan fingerprint density at radius 3 is 2.56 bits per heavy atom. The van der Waals surface area contributed by atoms with Crippen LogP contribution in [0.25, 0.3) is 0 Å². The smallest absolute Gasteiger partial charge is 0.354 e. The molecule has 0 amide bonds. The predicted octanol–water partition coefficient (Wildman–Crippen LogP) is 3.79. The first-order chi connectivity index (χ1) is 14.9. The lowest BCUT2D eigenvalue weighted by Gasteiger charge is -2.37. The molecule has 0 radical (unpaired) electrons. The summed E-state index contributed by atoms with van der Waals surface area (Å²) in [6, 6.07) is 1.52. The average Bonchev–Trinajstić information content (AvgIpc) is 2.69. The molecular weight excluding hydrogens is 443 g/mol. The molecule has 0 aliphatic carbocycles. The summed E-state index contributed by atoms with van der Waals surface area (Å²) in [5, 5.41) is 19.5. The minimum atomic E-state index is -4.69. The third kappa shape index (κ3) is 4.94. The van der Waals surface area contributed by atoms with E-state index in [2.05, 4.69) is 9.97 Å². The van der Waals surface area contributed by atoms with E-state index in [0.29, 0.717) is 19.4 Å². The summed E-state index contributed by atoms with van der Waals surface area (Å²) in [4.78, 5) is 18.2. The summed E-state index contributed by atoms with van der Waals surface area (Å²) in [7, 11) is -4.69. The fourth-order valence-corrected chi connectivity index (χ4v) is 4.93. The summed E-state index contributed by atoms with van der Waals surface area (Å²) in [5.74, 6) is -1.59. The van der Waals surface area contributed by atoms with Crippen molar-refractivity contribution in [1.82, 2.24) is 9.97 Å². The van der Waals surface area contributed by atoms with E-state index < -0.39 is 59.7 Å². The number of nitrogens with zero attached hydrogens (tertiary/aromatic N) is 4. The molecule has 0 spiro atoms. The second kappa shape index (κ2) is 9.70. The van der Waals surface area contributed by atoms with Crippen LogP contribution < -0.4 is 4.74 Å².